The van der Waals surface area contributed by atoms with E-state index in [0.29, 0.717) is 5.71 Å². The van der Waals surface area contributed by atoms with Crippen LogP contribution in [0.2, 0.25) is 0 Å². The van der Waals surface area contributed by atoms with Gasteiger partial charge in [-0.25, -0.2) is 5.43 Å². The Bertz CT molecular complexity index is 470. The highest BCUT2D eigenvalue weighted by molar-refractivity contribution is 5.96. The van der Waals surface area contributed by atoms with Crippen molar-refractivity contribution in [3.05, 3.63) is 29.6 Å². The van der Waals surface area contributed by atoms with Gasteiger partial charge >= 0.3 is 6.18 Å². The van der Waals surface area contributed by atoms with Crippen molar-refractivity contribution in [2.45, 2.75) is 13.1 Å². The number of alkyl halides is 3. The highest BCUT2D eigenvalue weighted by Gasteiger charge is 2.35. The maximum Gasteiger partial charge on any atom is 0.417 e. The number of amides is 1. The first-order valence-corrected chi connectivity index (χ1v) is 4.91. The Hall–Kier alpha value is -1.96. The van der Waals surface area contributed by atoms with Crippen molar-refractivity contribution in [1.29, 1.82) is 0 Å². The van der Waals surface area contributed by atoms with Crippen molar-refractivity contribution in [1.82, 2.24) is 10.4 Å². The van der Waals surface area contributed by atoms with Crippen molar-refractivity contribution in [3.8, 4) is 0 Å². The molecular formula is C10H11F3N4O. The van der Waals surface area contributed by atoms with Gasteiger partial charge in [0.1, 0.15) is 0 Å². The number of halogens is 3. The molecule has 0 radical (unpaired) electrons. The van der Waals surface area contributed by atoms with Crippen molar-refractivity contribution in [2.24, 2.45) is 10.8 Å². The maximum atomic E-state index is 12.6. The van der Waals surface area contributed by atoms with E-state index in [4.69, 9.17) is 5.73 Å². The normalized spacial score (nSPS) is 12.4. The third kappa shape index (κ3) is 3.52. The van der Waals surface area contributed by atoms with Gasteiger partial charge < -0.3 is 5.73 Å². The minimum atomic E-state index is -4.62. The summed E-state index contributed by atoms with van der Waals surface area (Å²) >= 11 is 0. The molecule has 1 aromatic heterocycles. The molecule has 0 saturated carbocycles. The van der Waals surface area contributed by atoms with Gasteiger partial charge in [0, 0.05) is 24.7 Å². The van der Waals surface area contributed by atoms with Gasteiger partial charge in [0.05, 0.1) is 11.1 Å². The molecule has 0 atom stereocenters. The van der Waals surface area contributed by atoms with Crippen molar-refractivity contribution >= 4 is 11.6 Å². The molecule has 8 heteroatoms. The fraction of sp³-hybridized carbons (Fsp3) is 0.300. The van der Waals surface area contributed by atoms with Crippen LogP contribution in [0, 0.1) is 0 Å². The first kappa shape index (κ1) is 14.1. The van der Waals surface area contributed by atoms with Crippen LogP contribution in [0.15, 0.2) is 23.6 Å². The van der Waals surface area contributed by atoms with E-state index in [-0.39, 0.29) is 6.54 Å². The third-order valence-electron chi connectivity index (χ3n) is 2.01. The highest BCUT2D eigenvalue weighted by atomic mass is 19.4. The number of nitrogens with zero attached hydrogens (tertiary/aromatic N) is 2. The second kappa shape index (κ2) is 5.58. The van der Waals surface area contributed by atoms with Crippen molar-refractivity contribution in [3.63, 3.8) is 0 Å². The number of rotatable bonds is 3. The summed E-state index contributed by atoms with van der Waals surface area (Å²) in [5, 5.41) is 3.54. The number of carbonyl (C=O) groups is 1. The molecule has 1 amide bonds. The van der Waals surface area contributed by atoms with Crippen molar-refractivity contribution < 1.29 is 18.0 Å². The lowest BCUT2D eigenvalue weighted by atomic mass is 10.1. The Morgan fingerprint density at radius 3 is 2.78 bits per heavy atom. The van der Waals surface area contributed by atoms with Crippen LogP contribution < -0.4 is 11.2 Å². The Kier molecular flexibility index (Phi) is 4.38. The zero-order valence-electron chi connectivity index (χ0n) is 9.45. The van der Waals surface area contributed by atoms with Gasteiger partial charge in [-0.1, -0.05) is 0 Å². The van der Waals surface area contributed by atoms with Gasteiger partial charge in [-0.05, 0) is 13.0 Å². The fourth-order valence-electron chi connectivity index (χ4n) is 1.07. The molecule has 0 bridgehead atoms. The molecule has 0 saturated heterocycles. The lowest BCUT2D eigenvalue weighted by Crippen LogP contribution is -2.24. The van der Waals surface area contributed by atoms with E-state index in [9.17, 15) is 18.0 Å². The minimum absolute atomic E-state index is 0.0967. The summed E-state index contributed by atoms with van der Waals surface area (Å²) in [6.07, 6.45) is -2.82. The maximum absolute atomic E-state index is 12.6. The number of hydrogen-bond acceptors (Lipinski definition) is 4. The monoisotopic (exact) mass is 260 g/mol. The van der Waals surface area contributed by atoms with E-state index in [0.717, 1.165) is 18.5 Å². The number of hydrogen-bond donors (Lipinski definition) is 2. The van der Waals surface area contributed by atoms with Gasteiger partial charge in [0.2, 0.25) is 0 Å². The predicted octanol–water partition coefficient (Wildman–Crippen LogP) is 1.16. The minimum Gasteiger partial charge on any atom is -0.325 e. The quantitative estimate of drug-likeness (QED) is 0.632. The summed E-state index contributed by atoms with van der Waals surface area (Å²) in [6, 6.07) is 0.731. The zero-order chi connectivity index (χ0) is 13.8. The fourth-order valence-corrected chi connectivity index (χ4v) is 1.07. The summed E-state index contributed by atoms with van der Waals surface area (Å²) in [7, 11) is 0. The number of carbonyl (C=O) groups excluding carboxylic acids is 1. The lowest BCUT2D eigenvalue weighted by molar-refractivity contribution is -0.138. The molecule has 5 nitrogen and oxygen atoms in total. The first-order valence-electron chi connectivity index (χ1n) is 4.91. The second-order valence-electron chi connectivity index (χ2n) is 3.41. The molecule has 0 aromatic carbocycles. The van der Waals surface area contributed by atoms with Crippen LogP contribution in [-0.2, 0) is 6.18 Å². The van der Waals surface area contributed by atoms with E-state index >= 15 is 0 Å². The summed E-state index contributed by atoms with van der Waals surface area (Å²) in [4.78, 5) is 15.0. The van der Waals surface area contributed by atoms with E-state index in [2.05, 4.69) is 10.1 Å². The molecule has 0 aliphatic rings. The SMILES string of the molecule is CC(CN)=NNC(=O)c1cnccc1C(F)(F)F. The highest BCUT2D eigenvalue weighted by Crippen LogP contribution is 2.31. The molecule has 0 aliphatic heterocycles. The average molecular weight is 260 g/mol. The Morgan fingerprint density at radius 1 is 1.56 bits per heavy atom. The van der Waals surface area contributed by atoms with Crippen LogP contribution >= 0.6 is 0 Å². The van der Waals surface area contributed by atoms with Crippen LogP contribution in [0.25, 0.3) is 0 Å². The van der Waals surface area contributed by atoms with Crippen molar-refractivity contribution in [2.75, 3.05) is 6.54 Å². The molecule has 3 N–H and O–H groups in total. The van der Waals surface area contributed by atoms with Crippen LogP contribution in [0.1, 0.15) is 22.8 Å². The van der Waals surface area contributed by atoms with Gasteiger partial charge in [-0.15, -0.1) is 0 Å². The Morgan fingerprint density at radius 2 is 2.22 bits per heavy atom. The standard InChI is InChI=1S/C10H11F3N4O/c1-6(4-14)16-17-9(18)7-5-15-3-2-8(7)10(11,12)13/h2-3,5H,4,14H2,1H3,(H,17,18). The molecular weight excluding hydrogens is 249 g/mol. The molecule has 0 aliphatic carbocycles. The van der Waals surface area contributed by atoms with E-state index < -0.39 is 23.2 Å². The number of aromatic nitrogens is 1. The molecule has 18 heavy (non-hydrogen) atoms. The number of pyridine rings is 1. The zero-order valence-corrected chi connectivity index (χ0v) is 9.45. The Balaban J connectivity index is 3.00. The topological polar surface area (TPSA) is 80.4 Å². The third-order valence-corrected chi connectivity index (χ3v) is 2.01. The first-order chi connectivity index (χ1) is 8.36. The molecule has 0 fully saturated rings. The second-order valence-corrected chi connectivity index (χ2v) is 3.41. The molecule has 1 rings (SSSR count). The van der Waals surface area contributed by atoms with Gasteiger partial charge in [0.15, 0.2) is 0 Å². The average Bonchev–Trinajstić information content (AvgIpc) is 2.34. The molecule has 0 unspecified atom stereocenters. The van der Waals surface area contributed by atoms with E-state index in [1.807, 2.05) is 5.43 Å². The smallest absolute Gasteiger partial charge is 0.325 e. The van der Waals surface area contributed by atoms with Crippen LogP contribution in [0.4, 0.5) is 13.2 Å². The summed E-state index contributed by atoms with van der Waals surface area (Å²) in [5.41, 5.74) is 5.96. The molecule has 0 spiro atoms. The number of nitrogens with one attached hydrogen (secondary N) is 1. The molecule has 98 valence electrons. The van der Waals surface area contributed by atoms with Crippen LogP contribution in [0.3, 0.4) is 0 Å². The number of hydrazone groups is 1. The van der Waals surface area contributed by atoms with Crippen LogP contribution in [0.5, 0.6) is 0 Å². The van der Waals surface area contributed by atoms with Gasteiger partial charge in [-0.3, -0.25) is 9.78 Å². The van der Waals surface area contributed by atoms with Gasteiger partial charge in [-0.2, -0.15) is 18.3 Å². The summed E-state index contributed by atoms with van der Waals surface area (Å²) in [5.74, 6) is -0.983. The largest absolute Gasteiger partial charge is 0.417 e. The van der Waals surface area contributed by atoms with Crippen LogP contribution in [-0.4, -0.2) is 23.1 Å². The predicted molar refractivity (Wildman–Crippen MR) is 58.9 cm³/mol. The lowest BCUT2D eigenvalue weighted by Gasteiger charge is -2.10. The van der Waals surface area contributed by atoms with E-state index in [1.165, 1.54) is 6.92 Å². The van der Waals surface area contributed by atoms with Gasteiger partial charge in [0.25, 0.3) is 5.91 Å². The summed E-state index contributed by atoms with van der Waals surface area (Å²) < 4.78 is 37.8. The van der Waals surface area contributed by atoms with E-state index in [1.54, 1.807) is 0 Å². The summed E-state index contributed by atoms with van der Waals surface area (Å²) in [6.45, 7) is 1.63. The molecule has 1 heterocycles. The molecule has 1 aromatic rings. The number of nitrogens with two attached hydrogens (primary N) is 1. The Labute approximate surface area is 101 Å².